The molecule has 1 atom stereocenters. The van der Waals surface area contributed by atoms with Gasteiger partial charge in [-0.15, -0.1) is 0 Å². The number of amides is 2. The van der Waals surface area contributed by atoms with Gasteiger partial charge < -0.3 is 10.2 Å². The minimum Gasteiger partial charge on any atom is -0.354 e. The van der Waals surface area contributed by atoms with Gasteiger partial charge in [-0.05, 0) is 61.9 Å². The summed E-state index contributed by atoms with van der Waals surface area (Å²) in [6.45, 7) is 3.23. The fourth-order valence-corrected chi connectivity index (χ4v) is 5.76. The van der Waals surface area contributed by atoms with Gasteiger partial charge in [0, 0.05) is 28.7 Å². The van der Waals surface area contributed by atoms with Crippen LogP contribution in [0.4, 0.5) is 10.1 Å². The monoisotopic (exact) mass is 593 g/mol. The van der Waals surface area contributed by atoms with E-state index in [0.29, 0.717) is 22.2 Å². The number of rotatable bonds is 12. The first-order chi connectivity index (χ1) is 18.6. The summed E-state index contributed by atoms with van der Waals surface area (Å²) in [7, 11) is -4.29. The predicted octanol–water partition coefficient (Wildman–Crippen LogP) is 5.66. The third-order valence-corrected chi connectivity index (χ3v) is 8.61. The Hall–Kier alpha value is -3.14. The standard InChI is InChI=1S/C28H30Cl2FN3O4S/c1-3-4-17-32-28(36)20(2)33(18-24-25(29)11-8-12-26(24)30)27(35)19-34(22-9-6-5-7-10-22)39(37,38)23-15-13-21(31)14-16-23/h5-16,20H,3-4,17-19H2,1-2H3,(H,32,36)/t20-/m1/s1. The number of carbonyl (C=O) groups is 2. The van der Waals surface area contributed by atoms with Gasteiger partial charge in [-0.3, -0.25) is 13.9 Å². The van der Waals surface area contributed by atoms with Gasteiger partial charge in [0.15, 0.2) is 0 Å². The molecule has 0 saturated heterocycles. The van der Waals surface area contributed by atoms with Crippen LogP contribution >= 0.6 is 23.2 Å². The van der Waals surface area contributed by atoms with Crippen LogP contribution < -0.4 is 9.62 Å². The number of carbonyl (C=O) groups excluding carboxylic acids is 2. The Morgan fingerprint density at radius 1 is 0.949 bits per heavy atom. The molecule has 39 heavy (non-hydrogen) atoms. The molecule has 0 spiro atoms. The van der Waals surface area contributed by atoms with Crippen molar-refractivity contribution in [3.05, 3.63) is 94.2 Å². The van der Waals surface area contributed by atoms with Crippen LogP contribution in [0, 0.1) is 5.82 Å². The molecular formula is C28H30Cl2FN3O4S. The Bertz CT molecular complexity index is 1370. The van der Waals surface area contributed by atoms with Crippen molar-refractivity contribution in [2.75, 3.05) is 17.4 Å². The molecule has 0 unspecified atom stereocenters. The number of anilines is 1. The maximum absolute atomic E-state index is 13.9. The molecule has 0 bridgehead atoms. The molecular weight excluding hydrogens is 564 g/mol. The highest BCUT2D eigenvalue weighted by Crippen LogP contribution is 2.28. The zero-order chi connectivity index (χ0) is 28.6. The lowest BCUT2D eigenvalue weighted by Crippen LogP contribution is -2.51. The molecule has 3 aromatic rings. The van der Waals surface area contributed by atoms with E-state index >= 15 is 0 Å². The molecule has 0 heterocycles. The predicted molar refractivity (Wildman–Crippen MR) is 152 cm³/mol. The van der Waals surface area contributed by atoms with E-state index in [1.54, 1.807) is 55.5 Å². The van der Waals surface area contributed by atoms with Gasteiger partial charge in [0.25, 0.3) is 10.0 Å². The van der Waals surface area contributed by atoms with Gasteiger partial charge in [0.1, 0.15) is 18.4 Å². The van der Waals surface area contributed by atoms with Crippen LogP contribution in [0.15, 0.2) is 77.7 Å². The molecule has 0 saturated carbocycles. The van der Waals surface area contributed by atoms with E-state index in [2.05, 4.69) is 5.32 Å². The maximum Gasteiger partial charge on any atom is 0.264 e. The minimum atomic E-state index is -4.29. The molecule has 0 fully saturated rings. The van der Waals surface area contributed by atoms with Crippen molar-refractivity contribution in [3.63, 3.8) is 0 Å². The topological polar surface area (TPSA) is 86.8 Å². The number of hydrogen-bond acceptors (Lipinski definition) is 4. The van der Waals surface area contributed by atoms with Gasteiger partial charge in [0.2, 0.25) is 11.8 Å². The number of hydrogen-bond donors (Lipinski definition) is 1. The molecule has 7 nitrogen and oxygen atoms in total. The summed E-state index contributed by atoms with van der Waals surface area (Å²) < 4.78 is 41.8. The Morgan fingerprint density at radius 2 is 1.56 bits per heavy atom. The van der Waals surface area contributed by atoms with Gasteiger partial charge in [-0.2, -0.15) is 0 Å². The molecule has 1 N–H and O–H groups in total. The summed E-state index contributed by atoms with van der Waals surface area (Å²) in [6.07, 6.45) is 1.64. The fourth-order valence-electron chi connectivity index (χ4n) is 3.83. The minimum absolute atomic E-state index is 0.126. The van der Waals surface area contributed by atoms with E-state index in [9.17, 15) is 22.4 Å². The summed E-state index contributed by atoms with van der Waals surface area (Å²) >= 11 is 12.7. The van der Waals surface area contributed by atoms with Crippen LogP contribution in [0.25, 0.3) is 0 Å². The van der Waals surface area contributed by atoms with E-state index in [4.69, 9.17) is 23.2 Å². The van der Waals surface area contributed by atoms with E-state index in [1.165, 1.54) is 4.90 Å². The molecule has 2 amide bonds. The fraction of sp³-hybridized carbons (Fsp3) is 0.286. The van der Waals surface area contributed by atoms with Crippen LogP contribution in [-0.4, -0.2) is 44.3 Å². The average Bonchev–Trinajstić information content (AvgIpc) is 2.92. The molecule has 208 valence electrons. The number of sulfonamides is 1. The van der Waals surface area contributed by atoms with Crippen molar-refractivity contribution in [3.8, 4) is 0 Å². The van der Waals surface area contributed by atoms with Crippen LogP contribution in [0.2, 0.25) is 10.0 Å². The van der Waals surface area contributed by atoms with Crippen molar-refractivity contribution >= 4 is 50.7 Å². The second kappa shape index (κ2) is 13.8. The third kappa shape index (κ3) is 7.71. The smallest absolute Gasteiger partial charge is 0.264 e. The second-order valence-electron chi connectivity index (χ2n) is 8.84. The highest BCUT2D eigenvalue weighted by molar-refractivity contribution is 7.92. The lowest BCUT2D eigenvalue weighted by Gasteiger charge is -2.32. The van der Waals surface area contributed by atoms with E-state index in [-0.39, 0.29) is 17.1 Å². The molecule has 0 aliphatic heterocycles. The number of unbranched alkanes of at least 4 members (excludes halogenated alkanes) is 1. The highest BCUT2D eigenvalue weighted by atomic mass is 35.5. The summed E-state index contributed by atoms with van der Waals surface area (Å²) in [4.78, 5) is 27.9. The zero-order valence-electron chi connectivity index (χ0n) is 21.6. The first-order valence-corrected chi connectivity index (χ1v) is 14.6. The van der Waals surface area contributed by atoms with Gasteiger partial charge in [0.05, 0.1) is 10.6 Å². The van der Waals surface area contributed by atoms with Gasteiger partial charge in [-0.25, -0.2) is 12.8 Å². The molecule has 0 aliphatic carbocycles. The number of halogens is 3. The number of para-hydroxylation sites is 1. The summed E-state index contributed by atoms with van der Waals surface area (Å²) in [5, 5.41) is 3.42. The second-order valence-corrected chi connectivity index (χ2v) is 11.5. The van der Waals surface area contributed by atoms with Crippen molar-refractivity contribution in [1.29, 1.82) is 0 Å². The first-order valence-electron chi connectivity index (χ1n) is 12.4. The molecule has 0 aliphatic rings. The lowest BCUT2D eigenvalue weighted by molar-refractivity contribution is -0.139. The van der Waals surface area contributed by atoms with Gasteiger partial charge in [-0.1, -0.05) is 60.8 Å². The van der Waals surface area contributed by atoms with Crippen LogP contribution in [0.3, 0.4) is 0 Å². The van der Waals surface area contributed by atoms with E-state index in [1.807, 2.05) is 6.92 Å². The number of benzene rings is 3. The number of nitrogens with zero attached hydrogens (tertiary/aromatic N) is 2. The quantitative estimate of drug-likeness (QED) is 0.274. The molecule has 0 aromatic heterocycles. The van der Waals surface area contributed by atoms with E-state index in [0.717, 1.165) is 41.4 Å². The largest absolute Gasteiger partial charge is 0.354 e. The van der Waals surface area contributed by atoms with Crippen molar-refractivity contribution in [2.24, 2.45) is 0 Å². The summed E-state index contributed by atoms with van der Waals surface area (Å²) in [5.74, 6) is -1.65. The highest BCUT2D eigenvalue weighted by Gasteiger charge is 2.33. The van der Waals surface area contributed by atoms with Crippen LogP contribution in [-0.2, 0) is 26.2 Å². The Labute approximate surface area is 238 Å². The van der Waals surface area contributed by atoms with Gasteiger partial charge >= 0.3 is 0 Å². The van der Waals surface area contributed by atoms with Crippen LogP contribution in [0.1, 0.15) is 32.3 Å². The number of nitrogens with one attached hydrogen (secondary N) is 1. The lowest BCUT2D eigenvalue weighted by atomic mass is 10.1. The van der Waals surface area contributed by atoms with Crippen molar-refractivity contribution in [2.45, 2.75) is 44.2 Å². The summed E-state index contributed by atoms with van der Waals surface area (Å²) in [5.41, 5.74) is 0.654. The Balaban J connectivity index is 2.01. The van der Waals surface area contributed by atoms with Crippen molar-refractivity contribution < 1.29 is 22.4 Å². The van der Waals surface area contributed by atoms with E-state index < -0.39 is 40.2 Å². The van der Waals surface area contributed by atoms with Crippen molar-refractivity contribution in [1.82, 2.24) is 10.2 Å². The van der Waals surface area contributed by atoms with Crippen LogP contribution in [0.5, 0.6) is 0 Å². The average molecular weight is 595 g/mol. The Kier molecular flexibility index (Phi) is 10.7. The molecule has 3 aromatic carbocycles. The Morgan fingerprint density at radius 3 is 2.15 bits per heavy atom. The first kappa shape index (κ1) is 30.4. The molecule has 3 rings (SSSR count). The third-order valence-electron chi connectivity index (χ3n) is 6.11. The summed E-state index contributed by atoms with van der Waals surface area (Å²) in [6, 6.07) is 16.3. The SMILES string of the molecule is CCCCNC(=O)[C@@H](C)N(Cc1c(Cl)cccc1Cl)C(=O)CN(c1ccccc1)S(=O)(=O)c1ccc(F)cc1. The molecule has 0 radical (unpaired) electrons. The zero-order valence-corrected chi connectivity index (χ0v) is 23.9. The normalized spacial score (nSPS) is 12.0. The maximum atomic E-state index is 13.9. The molecule has 11 heteroatoms.